The highest BCUT2D eigenvalue weighted by atomic mass is 16.5. The first-order chi connectivity index (χ1) is 3.68. The lowest BCUT2D eigenvalue weighted by Gasteiger charge is -2.07. The van der Waals surface area contributed by atoms with E-state index in [4.69, 9.17) is 15.9 Å². The summed E-state index contributed by atoms with van der Waals surface area (Å²) in [6.07, 6.45) is -0.222. The van der Waals surface area contributed by atoms with Crippen LogP contribution in [0, 0.1) is 5.41 Å². The summed E-state index contributed by atoms with van der Waals surface area (Å²) in [4.78, 5) is 0. The molecule has 3 N–H and O–H groups in total. The molecule has 0 amide bonds. The Kier molecular flexibility index (Phi) is 3.19. The number of ether oxygens (including phenoxy) is 1. The third-order valence-electron chi connectivity index (χ3n) is 0.855. The topological polar surface area (TPSA) is 59.1 Å². The summed E-state index contributed by atoms with van der Waals surface area (Å²) in [7, 11) is 0. The molecule has 0 aliphatic heterocycles. The van der Waals surface area contributed by atoms with Crippen molar-refractivity contribution in [3.05, 3.63) is 0 Å². The predicted octanol–water partition coefficient (Wildman–Crippen LogP) is 0.347. The van der Waals surface area contributed by atoms with Gasteiger partial charge in [0.2, 0.25) is 0 Å². The van der Waals surface area contributed by atoms with Crippen LogP contribution < -0.4 is 5.73 Å². The van der Waals surface area contributed by atoms with Crippen molar-refractivity contribution in [1.82, 2.24) is 0 Å². The second-order valence-corrected chi connectivity index (χ2v) is 1.55. The molecule has 0 fully saturated rings. The largest absolute Gasteiger partial charge is 0.385 e. The first-order valence-electron chi connectivity index (χ1n) is 2.64. The van der Waals surface area contributed by atoms with Crippen molar-refractivity contribution in [3.63, 3.8) is 0 Å². The Labute approximate surface area is 49.3 Å². The van der Waals surface area contributed by atoms with Crippen LogP contribution in [0.25, 0.3) is 0 Å². The van der Waals surface area contributed by atoms with E-state index >= 15 is 0 Å². The molecule has 0 rings (SSSR count). The molecule has 3 nitrogen and oxygen atoms in total. The molecule has 0 spiro atoms. The van der Waals surface area contributed by atoms with Crippen LogP contribution in [0.4, 0.5) is 0 Å². The third kappa shape index (κ3) is 2.58. The van der Waals surface area contributed by atoms with Gasteiger partial charge in [0.1, 0.15) is 11.9 Å². The first kappa shape index (κ1) is 7.43. The molecule has 0 aliphatic rings. The fourth-order valence-corrected chi connectivity index (χ4v) is 0.340. The highest BCUT2D eigenvalue weighted by Gasteiger charge is 2.00. The van der Waals surface area contributed by atoms with Crippen molar-refractivity contribution in [3.8, 4) is 0 Å². The summed E-state index contributed by atoms with van der Waals surface area (Å²) in [6.45, 7) is 4.24. The van der Waals surface area contributed by atoms with Crippen LogP contribution in [-0.4, -0.2) is 18.5 Å². The van der Waals surface area contributed by atoms with E-state index in [0.717, 1.165) is 0 Å². The standard InChI is InChI=1S/C5H12N2O/c1-3-8-4(2)5(6)7/h4H,3H2,1-2H3,(H3,6,7). The Morgan fingerprint density at radius 3 is 2.50 bits per heavy atom. The molecule has 0 saturated heterocycles. The summed E-state index contributed by atoms with van der Waals surface area (Å²) < 4.78 is 4.95. The van der Waals surface area contributed by atoms with E-state index in [1.165, 1.54) is 0 Å². The van der Waals surface area contributed by atoms with E-state index in [1.807, 2.05) is 6.92 Å². The molecule has 0 aromatic heterocycles. The average molecular weight is 116 g/mol. The smallest absolute Gasteiger partial charge is 0.120 e. The maximum absolute atomic E-state index is 6.86. The van der Waals surface area contributed by atoms with E-state index in [0.29, 0.717) is 6.61 Å². The van der Waals surface area contributed by atoms with E-state index in [1.54, 1.807) is 6.92 Å². The van der Waals surface area contributed by atoms with Crippen LogP contribution in [-0.2, 0) is 4.74 Å². The normalized spacial score (nSPS) is 13.2. The maximum Gasteiger partial charge on any atom is 0.120 e. The highest BCUT2D eigenvalue weighted by molar-refractivity contribution is 5.81. The van der Waals surface area contributed by atoms with E-state index in [-0.39, 0.29) is 11.9 Å². The minimum absolute atomic E-state index is 0.0897. The highest BCUT2D eigenvalue weighted by Crippen LogP contribution is 1.86. The van der Waals surface area contributed by atoms with Crippen LogP contribution in [0.5, 0.6) is 0 Å². The fourth-order valence-electron chi connectivity index (χ4n) is 0.340. The van der Waals surface area contributed by atoms with Crippen molar-refractivity contribution in [2.75, 3.05) is 6.61 Å². The molecule has 0 aromatic rings. The zero-order valence-corrected chi connectivity index (χ0v) is 5.27. The van der Waals surface area contributed by atoms with Crippen LogP contribution in [0.2, 0.25) is 0 Å². The molecule has 3 heteroatoms. The van der Waals surface area contributed by atoms with Gasteiger partial charge >= 0.3 is 0 Å². The summed E-state index contributed by atoms with van der Waals surface area (Å²) in [5.41, 5.74) is 5.08. The van der Waals surface area contributed by atoms with Gasteiger partial charge in [-0.2, -0.15) is 0 Å². The number of hydrogen-bond donors (Lipinski definition) is 2. The van der Waals surface area contributed by atoms with Gasteiger partial charge in [0.25, 0.3) is 0 Å². The third-order valence-corrected chi connectivity index (χ3v) is 0.855. The predicted molar refractivity (Wildman–Crippen MR) is 33.0 cm³/mol. The zero-order chi connectivity index (χ0) is 6.57. The number of rotatable bonds is 3. The molecule has 8 heavy (non-hydrogen) atoms. The molecule has 1 atom stereocenters. The quantitative estimate of drug-likeness (QED) is 0.413. The van der Waals surface area contributed by atoms with Crippen LogP contribution >= 0.6 is 0 Å². The molecule has 1 unspecified atom stereocenters. The van der Waals surface area contributed by atoms with E-state index < -0.39 is 0 Å². The Morgan fingerprint density at radius 2 is 2.38 bits per heavy atom. The number of nitrogens with two attached hydrogens (primary N) is 1. The maximum atomic E-state index is 6.86. The van der Waals surface area contributed by atoms with Crippen molar-refractivity contribution < 1.29 is 4.74 Å². The van der Waals surface area contributed by atoms with E-state index in [2.05, 4.69) is 0 Å². The monoisotopic (exact) mass is 116 g/mol. The molecule has 0 aromatic carbocycles. The second-order valence-electron chi connectivity index (χ2n) is 1.55. The Bertz CT molecular complexity index is 82.5. The van der Waals surface area contributed by atoms with Gasteiger partial charge in [0, 0.05) is 6.61 Å². The van der Waals surface area contributed by atoms with Gasteiger partial charge < -0.3 is 10.5 Å². The molecule has 0 bridgehead atoms. The van der Waals surface area contributed by atoms with Crippen LogP contribution in [0.1, 0.15) is 13.8 Å². The first-order valence-corrected chi connectivity index (χ1v) is 2.64. The Morgan fingerprint density at radius 1 is 1.88 bits per heavy atom. The van der Waals surface area contributed by atoms with Crippen molar-refractivity contribution in [2.45, 2.75) is 20.0 Å². The van der Waals surface area contributed by atoms with Gasteiger partial charge in [0.15, 0.2) is 0 Å². The SMILES string of the molecule is CCOC(C)C(=N)N. The summed E-state index contributed by atoms with van der Waals surface area (Å²) in [5.74, 6) is 0.0897. The lowest BCUT2D eigenvalue weighted by Crippen LogP contribution is -2.27. The summed E-state index contributed by atoms with van der Waals surface area (Å²) in [5, 5.41) is 6.86. The lowest BCUT2D eigenvalue weighted by atomic mass is 10.4. The molecule has 0 radical (unpaired) electrons. The lowest BCUT2D eigenvalue weighted by molar-refractivity contribution is 0.121. The average Bonchev–Trinajstić information content (AvgIpc) is 1.67. The van der Waals surface area contributed by atoms with Gasteiger partial charge in [-0.15, -0.1) is 0 Å². The minimum Gasteiger partial charge on any atom is -0.385 e. The van der Waals surface area contributed by atoms with Gasteiger partial charge in [-0.05, 0) is 13.8 Å². The van der Waals surface area contributed by atoms with Crippen molar-refractivity contribution in [2.24, 2.45) is 5.73 Å². The second kappa shape index (κ2) is 3.43. The number of hydrogen-bond acceptors (Lipinski definition) is 2. The zero-order valence-electron chi connectivity index (χ0n) is 5.27. The van der Waals surface area contributed by atoms with Crippen LogP contribution in [0.15, 0.2) is 0 Å². The summed E-state index contributed by atoms with van der Waals surface area (Å²) >= 11 is 0. The fraction of sp³-hybridized carbons (Fsp3) is 0.800. The van der Waals surface area contributed by atoms with Crippen molar-refractivity contribution in [1.29, 1.82) is 5.41 Å². The molecular formula is C5H12N2O. The van der Waals surface area contributed by atoms with Gasteiger partial charge in [-0.25, -0.2) is 0 Å². The van der Waals surface area contributed by atoms with Crippen molar-refractivity contribution >= 4 is 5.84 Å². The minimum atomic E-state index is -0.222. The molecular weight excluding hydrogens is 104 g/mol. The number of nitrogens with one attached hydrogen (secondary N) is 1. The molecule has 0 aliphatic carbocycles. The molecule has 0 saturated carbocycles. The van der Waals surface area contributed by atoms with E-state index in [9.17, 15) is 0 Å². The Hall–Kier alpha value is -0.570. The van der Waals surface area contributed by atoms with Gasteiger partial charge in [-0.1, -0.05) is 0 Å². The Balaban J connectivity index is 3.32. The number of amidine groups is 1. The molecule has 48 valence electrons. The van der Waals surface area contributed by atoms with Crippen LogP contribution in [0.3, 0.4) is 0 Å². The van der Waals surface area contributed by atoms with Gasteiger partial charge in [0.05, 0.1) is 0 Å². The molecule has 0 heterocycles. The summed E-state index contributed by atoms with van der Waals surface area (Å²) in [6, 6.07) is 0. The van der Waals surface area contributed by atoms with Gasteiger partial charge in [-0.3, -0.25) is 5.41 Å².